The predicted octanol–water partition coefficient (Wildman–Crippen LogP) is -0.0829. The summed E-state index contributed by atoms with van der Waals surface area (Å²) in [5.74, 6) is -0.115. The van der Waals surface area contributed by atoms with Crippen molar-refractivity contribution in [2.75, 3.05) is 13.1 Å². The minimum absolute atomic E-state index is 0.115. The van der Waals surface area contributed by atoms with E-state index in [0.29, 0.717) is 5.69 Å². The third-order valence-electron chi connectivity index (χ3n) is 3.27. The molecule has 0 bridgehead atoms. The monoisotopic (exact) mass is 286 g/mol. The molecule has 0 saturated carbocycles. The van der Waals surface area contributed by atoms with Crippen LogP contribution in [0.2, 0.25) is 0 Å². The Hall–Kier alpha value is -2.77. The minimum Gasteiger partial charge on any atom is -0.339 e. The summed E-state index contributed by atoms with van der Waals surface area (Å²) < 4.78 is 2.15. The zero-order valence-electron chi connectivity index (χ0n) is 11.3. The second-order valence-electron chi connectivity index (χ2n) is 4.68. The Balaban J connectivity index is 1.80. The average molecular weight is 286 g/mol. The molecule has 3 rings (SSSR count). The number of nitrogens with zero attached hydrogens (tertiary/aromatic N) is 6. The van der Waals surface area contributed by atoms with E-state index in [1.165, 1.54) is 18.5 Å². The van der Waals surface area contributed by atoms with Crippen molar-refractivity contribution in [2.45, 2.75) is 12.8 Å². The lowest BCUT2D eigenvalue weighted by atomic mass is 10.4. The molecule has 1 saturated heterocycles. The highest BCUT2D eigenvalue weighted by Gasteiger charge is 2.15. The van der Waals surface area contributed by atoms with E-state index >= 15 is 0 Å². The summed E-state index contributed by atoms with van der Waals surface area (Å²) in [5, 5.41) is 7.48. The van der Waals surface area contributed by atoms with Gasteiger partial charge in [0.1, 0.15) is 0 Å². The molecule has 0 spiro atoms. The minimum atomic E-state index is -0.450. The fraction of sp³-hybridized carbons (Fsp3) is 0.308. The average Bonchev–Trinajstić information content (AvgIpc) is 3.16. The van der Waals surface area contributed by atoms with E-state index < -0.39 is 5.69 Å². The molecular weight excluding hydrogens is 272 g/mol. The van der Waals surface area contributed by atoms with E-state index in [-0.39, 0.29) is 5.91 Å². The number of pyridine rings is 1. The van der Waals surface area contributed by atoms with Crippen LogP contribution in [-0.2, 0) is 4.79 Å². The van der Waals surface area contributed by atoms with Gasteiger partial charge in [0.05, 0.1) is 11.9 Å². The maximum Gasteiger partial charge on any atom is 0.372 e. The summed E-state index contributed by atoms with van der Waals surface area (Å²) in [6.07, 6.45) is 7.85. The highest BCUT2D eigenvalue weighted by molar-refractivity contribution is 5.90. The van der Waals surface area contributed by atoms with E-state index in [1.54, 1.807) is 23.2 Å². The third-order valence-corrected chi connectivity index (χ3v) is 3.27. The molecule has 1 aliphatic rings. The number of amides is 1. The number of hydrogen-bond donors (Lipinski definition) is 0. The Bertz CT molecular complexity index is 712. The second kappa shape index (κ2) is 5.70. The Morgan fingerprint density at radius 1 is 1.24 bits per heavy atom. The van der Waals surface area contributed by atoms with Crippen molar-refractivity contribution < 1.29 is 4.79 Å². The molecule has 0 atom stereocenters. The fourth-order valence-electron chi connectivity index (χ4n) is 2.17. The molecule has 0 aliphatic carbocycles. The van der Waals surface area contributed by atoms with Crippen LogP contribution < -0.4 is 5.69 Å². The van der Waals surface area contributed by atoms with Gasteiger partial charge in [-0.05, 0) is 35.4 Å². The molecule has 1 amide bonds. The van der Waals surface area contributed by atoms with Crippen LogP contribution in [0.1, 0.15) is 12.8 Å². The topological polar surface area (TPSA) is 85.9 Å². The van der Waals surface area contributed by atoms with Gasteiger partial charge in [0.25, 0.3) is 0 Å². The van der Waals surface area contributed by atoms with Gasteiger partial charge >= 0.3 is 5.69 Å². The van der Waals surface area contributed by atoms with Gasteiger partial charge < -0.3 is 4.90 Å². The number of carbonyl (C=O) groups excluding carboxylic acids is 1. The summed E-state index contributed by atoms with van der Waals surface area (Å²) in [6.45, 7) is 1.53. The lowest BCUT2D eigenvalue weighted by Gasteiger charge is -2.11. The summed E-state index contributed by atoms with van der Waals surface area (Å²) >= 11 is 0. The van der Waals surface area contributed by atoms with Gasteiger partial charge in [0.15, 0.2) is 0 Å². The van der Waals surface area contributed by atoms with Crippen molar-refractivity contribution in [2.24, 2.45) is 0 Å². The molecule has 21 heavy (non-hydrogen) atoms. The highest BCUT2D eigenvalue weighted by Crippen LogP contribution is 2.07. The Kier molecular flexibility index (Phi) is 3.59. The van der Waals surface area contributed by atoms with E-state index in [1.807, 2.05) is 0 Å². The second-order valence-corrected chi connectivity index (χ2v) is 4.68. The highest BCUT2D eigenvalue weighted by atomic mass is 16.2. The van der Waals surface area contributed by atoms with Gasteiger partial charge in [0.2, 0.25) is 5.91 Å². The van der Waals surface area contributed by atoms with Crippen molar-refractivity contribution >= 4 is 12.1 Å². The molecule has 0 N–H and O–H groups in total. The molecule has 1 aliphatic heterocycles. The predicted molar refractivity (Wildman–Crippen MR) is 74.6 cm³/mol. The molecule has 2 aromatic rings. The smallest absolute Gasteiger partial charge is 0.339 e. The summed E-state index contributed by atoms with van der Waals surface area (Å²) in [4.78, 5) is 29.6. The van der Waals surface area contributed by atoms with Crippen LogP contribution in [0.3, 0.4) is 0 Å². The summed E-state index contributed by atoms with van der Waals surface area (Å²) in [7, 11) is 0. The standard InChI is InChI=1S/C13H14N6O2/c20-12(17-7-1-2-8-17)5-9-18-13(21)19(16-15-18)11-4-3-6-14-10-11/h3-6,9-10H,1-2,7-8H2/b9-5+. The normalized spacial score (nSPS) is 15.0. The SMILES string of the molecule is O=C(/C=C/n1nnn(-c2cccnc2)c1=O)N1CCCC1. The molecule has 108 valence electrons. The lowest BCUT2D eigenvalue weighted by molar-refractivity contribution is -0.124. The van der Waals surface area contributed by atoms with Gasteiger partial charge in [-0.1, -0.05) is 0 Å². The molecule has 0 unspecified atom stereocenters. The number of carbonyl (C=O) groups is 1. The zero-order chi connectivity index (χ0) is 14.7. The first-order chi connectivity index (χ1) is 10.3. The maximum absolute atomic E-state index is 12.1. The van der Waals surface area contributed by atoms with Gasteiger partial charge in [-0.15, -0.1) is 0 Å². The van der Waals surface area contributed by atoms with Crippen LogP contribution in [0, 0.1) is 0 Å². The van der Waals surface area contributed by atoms with E-state index in [2.05, 4.69) is 15.4 Å². The van der Waals surface area contributed by atoms with Gasteiger partial charge in [-0.25, -0.2) is 4.79 Å². The van der Waals surface area contributed by atoms with Crippen LogP contribution in [-0.4, -0.2) is 48.7 Å². The van der Waals surface area contributed by atoms with Gasteiger partial charge in [-0.3, -0.25) is 9.78 Å². The van der Waals surface area contributed by atoms with Crippen molar-refractivity contribution in [3.63, 3.8) is 0 Å². The van der Waals surface area contributed by atoms with Gasteiger partial charge in [-0.2, -0.15) is 9.36 Å². The molecular formula is C13H14N6O2. The fourth-order valence-corrected chi connectivity index (χ4v) is 2.17. The van der Waals surface area contributed by atoms with Crippen molar-refractivity contribution in [1.82, 2.24) is 29.7 Å². The molecule has 8 nitrogen and oxygen atoms in total. The first kappa shape index (κ1) is 13.2. The molecule has 8 heteroatoms. The Labute approximate surface area is 120 Å². The number of hydrogen-bond acceptors (Lipinski definition) is 5. The van der Waals surface area contributed by atoms with Crippen LogP contribution >= 0.6 is 0 Å². The van der Waals surface area contributed by atoms with Crippen LogP contribution in [0.5, 0.6) is 0 Å². The molecule has 1 fully saturated rings. The van der Waals surface area contributed by atoms with Gasteiger partial charge in [0, 0.05) is 31.6 Å². The number of tetrazole rings is 1. The first-order valence-corrected chi connectivity index (χ1v) is 6.68. The largest absolute Gasteiger partial charge is 0.372 e. The number of aromatic nitrogens is 5. The molecule has 0 radical (unpaired) electrons. The van der Waals surface area contributed by atoms with Crippen LogP contribution in [0.25, 0.3) is 11.9 Å². The van der Waals surface area contributed by atoms with E-state index in [0.717, 1.165) is 35.3 Å². The number of rotatable bonds is 3. The Morgan fingerprint density at radius 3 is 2.76 bits per heavy atom. The number of likely N-dealkylation sites (tertiary alicyclic amines) is 1. The first-order valence-electron chi connectivity index (χ1n) is 6.68. The van der Waals surface area contributed by atoms with E-state index in [4.69, 9.17) is 0 Å². The van der Waals surface area contributed by atoms with Crippen LogP contribution in [0.15, 0.2) is 35.4 Å². The zero-order valence-corrected chi connectivity index (χ0v) is 11.3. The Morgan fingerprint density at radius 2 is 2.05 bits per heavy atom. The lowest BCUT2D eigenvalue weighted by Crippen LogP contribution is -2.26. The quantitative estimate of drug-likeness (QED) is 0.736. The van der Waals surface area contributed by atoms with Crippen molar-refractivity contribution in [3.05, 3.63) is 41.1 Å². The molecule has 0 aromatic carbocycles. The molecule has 3 heterocycles. The van der Waals surface area contributed by atoms with Crippen molar-refractivity contribution in [3.8, 4) is 5.69 Å². The summed E-state index contributed by atoms with van der Waals surface area (Å²) in [5.41, 5.74) is 0.0708. The van der Waals surface area contributed by atoms with Crippen molar-refractivity contribution in [1.29, 1.82) is 0 Å². The van der Waals surface area contributed by atoms with E-state index in [9.17, 15) is 9.59 Å². The van der Waals surface area contributed by atoms with Crippen LogP contribution in [0.4, 0.5) is 0 Å². The molecule has 2 aromatic heterocycles. The maximum atomic E-state index is 12.1. The third kappa shape index (κ3) is 2.73. The summed E-state index contributed by atoms with van der Waals surface area (Å²) in [6, 6.07) is 3.40.